The number of hydrogen-bond donors (Lipinski definition) is 1. The second-order valence-corrected chi connectivity index (χ2v) is 6.34. The summed E-state index contributed by atoms with van der Waals surface area (Å²) in [6, 6.07) is 4.68. The van der Waals surface area contributed by atoms with Crippen molar-refractivity contribution in [2.75, 3.05) is 6.54 Å². The summed E-state index contributed by atoms with van der Waals surface area (Å²) in [6.07, 6.45) is 4.89. The van der Waals surface area contributed by atoms with Gasteiger partial charge in [0.15, 0.2) is 5.75 Å². The fourth-order valence-corrected chi connectivity index (χ4v) is 2.72. The highest BCUT2D eigenvalue weighted by Gasteiger charge is 2.04. The number of rotatable bonds is 8. The van der Waals surface area contributed by atoms with E-state index in [0.717, 1.165) is 18.8 Å². The maximum atomic E-state index is 5.77. The average Bonchev–Trinajstić information content (AvgIpc) is 3.05. The van der Waals surface area contributed by atoms with Gasteiger partial charge in [-0.1, -0.05) is 6.92 Å². The van der Waals surface area contributed by atoms with Gasteiger partial charge in [0.1, 0.15) is 6.61 Å². The van der Waals surface area contributed by atoms with Gasteiger partial charge in [0.2, 0.25) is 0 Å². The number of hydrogen-bond acceptors (Lipinski definition) is 4. The first-order chi connectivity index (χ1) is 9.69. The molecule has 20 heavy (non-hydrogen) atoms. The molecule has 2 aromatic heterocycles. The zero-order valence-electron chi connectivity index (χ0n) is 12.4. The molecule has 0 saturated carbocycles. The number of nitrogens with zero attached hydrogens (tertiary/aromatic N) is 2. The molecular formula is C15H23N3OS. The third-order valence-corrected chi connectivity index (χ3v) is 3.99. The quantitative estimate of drug-likeness (QED) is 0.756. The third-order valence-electron chi connectivity index (χ3n) is 2.93. The van der Waals surface area contributed by atoms with Crippen molar-refractivity contribution >= 4 is 11.3 Å². The van der Waals surface area contributed by atoms with E-state index >= 15 is 0 Å². The Hall–Kier alpha value is -1.33. The Kier molecular flexibility index (Phi) is 5.61. The van der Waals surface area contributed by atoms with Crippen LogP contribution in [0.5, 0.6) is 5.75 Å². The van der Waals surface area contributed by atoms with Gasteiger partial charge >= 0.3 is 0 Å². The molecule has 5 heteroatoms. The minimum atomic E-state index is 0.366. The van der Waals surface area contributed by atoms with Crippen molar-refractivity contribution in [3.05, 3.63) is 34.3 Å². The SMILES string of the molecule is CCCNCc1ccc(COc2cnn(C(C)C)c2)s1. The highest BCUT2D eigenvalue weighted by atomic mass is 32.1. The van der Waals surface area contributed by atoms with E-state index in [1.54, 1.807) is 17.5 Å². The van der Waals surface area contributed by atoms with Crippen LogP contribution in [0.2, 0.25) is 0 Å². The van der Waals surface area contributed by atoms with Crippen LogP contribution in [-0.2, 0) is 13.2 Å². The topological polar surface area (TPSA) is 39.1 Å². The Labute approximate surface area is 124 Å². The number of thiophene rings is 1. The minimum Gasteiger partial charge on any atom is -0.485 e. The van der Waals surface area contributed by atoms with Crippen molar-refractivity contribution in [2.24, 2.45) is 0 Å². The molecule has 0 radical (unpaired) electrons. The van der Waals surface area contributed by atoms with Crippen LogP contribution >= 0.6 is 11.3 Å². The summed E-state index contributed by atoms with van der Waals surface area (Å²) < 4.78 is 7.68. The van der Waals surface area contributed by atoms with Crippen LogP contribution in [-0.4, -0.2) is 16.3 Å². The van der Waals surface area contributed by atoms with Crippen LogP contribution in [0.4, 0.5) is 0 Å². The monoisotopic (exact) mass is 293 g/mol. The number of ether oxygens (including phenoxy) is 1. The summed E-state index contributed by atoms with van der Waals surface area (Å²) in [4.78, 5) is 2.60. The summed E-state index contributed by atoms with van der Waals surface area (Å²) >= 11 is 1.80. The van der Waals surface area contributed by atoms with Crippen LogP contribution in [0.1, 0.15) is 43.0 Å². The zero-order chi connectivity index (χ0) is 14.4. The highest BCUT2D eigenvalue weighted by molar-refractivity contribution is 7.11. The highest BCUT2D eigenvalue weighted by Crippen LogP contribution is 2.19. The first-order valence-corrected chi connectivity index (χ1v) is 7.96. The fraction of sp³-hybridized carbons (Fsp3) is 0.533. The van der Waals surface area contributed by atoms with Crippen molar-refractivity contribution in [2.45, 2.75) is 46.4 Å². The van der Waals surface area contributed by atoms with Gasteiger partial charge in [0.25, 0.3) is 0 Å². The summed E-state index contributed by atoms with van der Waals surface area (Å²) in [7, 11) is 0. The lowest BCUT2D eigenvalue weighted by Gasteiger charge is -2.03. The molecule has 2 aromatic rings. The van der Waals surface area contributed by atoms with E-state index in [0.29, 0.717) is 12.6 Å². The van der Waals surface area contributed by atoms with E-state index in [9.17, 15) is 0 Å². The van der Waals surface area contributed by atoms with Crippen molar-refractivity contribution in [3.8, 4) is 5.75 Å². The first-order valence-electron chi connectivity index (χ1n) is 7.14. The second-order valence-electron chi connectivity index (χ2n) is 5.08. The molecule has 0 atom stereocenters. The van der Waals surface area contributed by atoms with Gasteiger partial charge in [0.05, 0.1) is 12.4 Å². The normalized spacial score (nSPS) is 11.2. The van der Waals surface area contributed by atoms with Gasteiger partial charge in [-0.3, -0.25) is 4.68 Å². The lowest BCUT2D eigenvalue weighted by Crippen LogP contribution is -2.12. The molecule has 0 saturated heterocycles. The molecule has 0 spiro atoms. The molecule has 110 valence electrons. The molecular weight excluding hydrogens is 270 g/mol. The Morgan fingerprint density at radius 2 is 2.15 bits per heavy atom. The van der Waals surface area contributed by atoms with E-state index in [-0.39, 0.29) is 0 Å². The van der Waals surface area contributed by atoms with Gasteiger partial charge in [-0.2, -0.15) is 5.10 Å². The largest absolute Gasteiger partial charge is 0.485 e. The molecule has 2 rings (SSSR count). The molecule has 0 bridgehead atoms. The van der Waals surface area contributed by atoms with Crippen LogP contribution in [0.15, 0.2) is 24.5 Å². The molecule has 4 nitrogen and oxygen atoms in total. The third kappa shape index (κ3) is 4.35. The fourth-order valence-electron chi connectivity index (χ4n) is 1.82. The molecule has 0 aliphatic heterocycles. The van der Waals surface area contributed by atoms with Gasteiger partial charge in [-0.15, -0.1) is 11.3 Å². The molecule has 0 amide bonds. The second kappa shape index (κ2) is 7.45. The summed E-state index contributed by atoms with van der Waals surface area (Å²) in [6.45, 7) is 9.01. The summed E-state index contributed by atoms with van der Waals surface area (Å²) in [5, 5.41) is 7.68. The first kappa shape index (κ1) is 15.1. The molecule has 0 aliphatic carbocycles. The van der Waals surface area contributed by atoms with E-state index < -0.39 is 0 Å². The molecule has 2 heterocycles. The predicted molar refractivity (Wildman–Crippen MR) is 83.3 cm³/mol. The Morgan fingerprint density at radius 1 is 1.35 bits per heavy atom. The zero-order valence-corrected chi connectivity index (χ0v) is 13.2. The van der Waals surface area contributed by atoms with Crippen LogP contribution < -0.4 is 10.1 Å². The van der Waals surface area contributed by atoms with E-state index in [1.165, 1.54) is 16.2 Å². The Balaban J connectivity index is 1.81. The molecule has 0 unspecified atom stereocenters. The lowest BCUT2D eigenvalue weighted by atomic mass is 10.4. The van der Waals surface area contributed by atoms with Gasteiger partial charge < -0.3 is 10.1 Å². The summed E-state index contributed by atoms with van der Waals surface area (Å²) in [5.74, 6) is 0.831. The van der Waals surface area contributed by atoms with Crippen molar-refractivity contribution in [3.63, 3.8) is 0 Å². The predicted octanol–water partition coefficient (Wildman–Crippen LogP) is 3.60. The maximum Gasteiger partial charge on any atom is 0.157 e. The van der Waals surface area contributed by atoms with Crippen LogP contribution in [0.25, 0.3) is 0 Å². The molecule has 1 N–H and O–H groups in total. The van der Waals surface area contributed by atoms with Crippen LogP contribution in [0, 0.1) is 0 Å². The van der Waals surface area contributed by atoms with Crippen LogP contribution in [0.3, 0.4) is 0 Å². The smallest absolute Gasteiger partial charge is 0.157 e. The van der Waals surface area contributed by atoms with Crippen molar-refractivity contribution in [1.82, 2.24) is 15.1 Å². The van der Waals surface area contributed by atoms with E-state index in [1.807, 2.05) is 10.9 Å². The van der Waals surface area contributed by atoms with Gasteiger partial charge in [-0.05, 0) is 38.9 Å². The minimum absolute atomic E-state index is 0.366. The molecule has 0 fully saturated rings. The van der Waals surface area contributed by atoms with Crippen molar-refractivity contribution in [1.29, 1.82) is 0 Å². The van der Waals surface area contributed by atoms with E-state index in [4.69, 9.17) is 4.74 Å². The number of aromatic nitrogens is 2. The van der Waals surface area contributed by atoms with Gasteiger partial charge in [0, 0.05) is 22.3 Å². The van der Waals surface area contributed by atoms with Gasteiger partial charge in [-0.25, -0.2) is 0 Å². The molecule has 0 aromatic carbocycles. The standard InChI is InChI=1S/C15H23N3OS/c1-4-7-16-9-14-5-6-15(20-14)11-19-13-8-17-18(10-13)12(2)3/h5-6,8,10,12,16H,4,7,9,11H2,1-3H3. The maximum absolute atomic E-state index is 5.77. The number of nitrogens with one attached hydrogen (secondary N) is 1. The lowest BCUT2D eigenvalue weighted by molar-refractivity contribution is 0.309. The van der Waals surface area contributed by atoms with E-state index in [2.05, 4.69) is 43.3 Å². The van der Waals surface area contributed by atoms with Crippen molar-refractivity contribution < 1.29 is 4.74 Å². The average molecular weight is 293 g/mol. The molecule has 0 aliphatic rings. The Morgan fingerprint density at radius 3 is 2.85 bits per heavy atom. The Bertz CT molecular complexity index is 519. The summed E-state index contributed by atoms with van der Waals surface area (Å²) in [5.41, 5.74) is 0.